The maximum Gasteiger partial charge on any atom is 0.134 e. The van der Waals surface area contributed by atoms with Gasteiger partial charge in [0.2, 0.25) is 0 Å². The highest BCUT2D eigenvalue weighted by Gasteiger charge is 2.12. The molecule has 20 heavy (non-hydrogen) atoms. The second-order valence-corrected chi connectivity index (χ2v) is 4.91. The molecule has 0 radical (unpaired) electrons. The normalized spacial score (nSPS) is 11.8. The van der Waals surface area contributed by atoms with Crippen LogP contribution in [0.1, 0.15) is 35.3 Å². The molecule has 2 rings (SSSR count). The number of ether oxygens (including phenoxy) is 1. The highest BCUT2D eigenvalue weighted by Crippen LogP contribution is 2.32. The van der Waals surface area contributed by atoms with E-state index in [2.05, 4.69) is 6.07 Å². The molecule has 1 atom stereocenters. The number of nitrogens with zero attached hydrogens (tertiary/aromatic N) is 1. The highest BCUT2D eigenvalue weighted by molar-refractivity contribution is 5.47. The average molecular weight is 267 g/mol. The van der Waals surface area contributed by atoms with Gasteiger partial charge in [0.25, 0.3) is 0 Å². The predicted octanol–water partition coefficient (Wildman–Crippen LogP) is 4.02. The van der Waals surface area contributed by atoms with Crippen molar-refractivity contribution in [1.29, 1.82) is 5.26 Å². The average Bonchev–Trinajstić information content (AvgIpc) is 2.41. The van der Waals surface area contributed by atoms with Crippen LogP contribution in [0, 0.1) is 25.2 Å². The molecule has 0 aliphatic rings. The van der Waals surface area contributed by atoms with Gasteiger partial charge in [-0.3, -0.25) is 0 Å². The predicted molar refractivity (Wildman–Crippen MR) is 77.8 cm³/mol. The van der Waals surface area contributed by atoms with E-state index in [9.17, 15) is 5.11 Å². The van der Waals surface area contributed by atoms with Crippen LogP contribution in [0.25, 0.3) is 0 Å². The molecule has 0 aliphatic heterocycles. The number of hydrogen-bond acceptors (Lipinski definition) is 3. The van der Waals surface area contributed by atoms with Crippen molar-refractivity contribution in [3.63, 3.8) is 0 Å². The van der Waals surface area contributed by atoms with Crippen LogP contribution in [0.2, 0.25) is 0 Å². The highest BCUT2D eigenvalue weighted by atomic mass is 16.5. The molecule has 2 aromatic rings. The van der Waals surface area contributed by atoms with E-state index >= 15 is 0 Å². The third kappa shape index (κ3) is 2.98. The van der Waals surface area contributed by atoms with Crippen molar-refractivity contribution in [3.05, 3.63) is 58.7 Å². The van der Waals surface area contributed by atoms with Crippen LogP contribution in [-0.2, 0) is 0 Å². The Morgan fingerprint density at radius 3 is 2.45 bits per heavy atom. The third-order valence-electron chi connectivity index (χ3n) is 3.14. The molecule has 3 heteroatoms. The molecule has 2 aromatic carbocycles. The zero-order valence-corrected chi connectivity index (χ0v) is 11.8. The van der Waals surface area contributed by atoms with E-state index in [4.69, 9.17) is 10.00 Å². The molecule has 0 saturated carbocycles. The van der Waals surface area contributed by atoms with Gasteiger partial charge in [-0.15, -0.1) is 0 Å². The Kier molecular flexibility index (Phi) is 4.07. The maximum atomic E-state index is 9.80. The van der Waals surface area contributed by atoms with E-state index in [0.717, 1.165) is 16.9 Å². The Labute approximate surface area is 119 Å². The number of aryl methyl sites for hydroxylation is 2. The minimum absolute atomic E-state index is 0.508. The van der Waals surface area contributed by atoms with Crippen LogP contribution >= 0.6 is 0 Å². The fraction of sp³-hybridized carbons (Fsp3) is 0.235. The summed E-state index contributed by atoms with van der Waals surface area (Å²) in [5.41, 5.74) is 3.36. The summed E-state index contributed by atoms with van der Waals surface area (Å²) in [5.74, 6) is 1.25. The van der Waals surface area contributed by atoms with Gasteiger partial charge in [-0.25, -0.2) is 0 Å². The minimum Gasteiger partial charge on any atom is -0.457 e. The van der Waals surface area contributed by atoms with E-state index in [-0.39, 0.29) is 0 Å². The third-order valence-corrected chi connectivity index (χ3v) is 3.14. The molecule has 0 aliphatic carbocycles. The van der Waals surface area contributed by atoms with Crippen molar-refractivity contribution in [2.45, 2.75) is 26.9 Å². The van der Waals surface area contributed by atoms with E-state index < -0.39 is 6.10 Å². The van der Waals surface area contributed by atoms with Crippen LogP contribution in [0.3, 0.4) is 0 Å². The number of aliphatic hydroxyl groups excluding tert-OH is 1. The Morgan fingerprint density at radius 2 is 1.85 bits per heavy atom. The quantitative estimate of drug-likeness (QED) is 0.913. The lowest BCUT2D eigenvalue weighted by atomic mass is 10.1. The van der Waals surface area contributed by atoms with Crippen molar-refractivity contribution < 1.29 is 9.84 Å². The van der Waals surface area contributed by atoms with Gasteiger partial charge in [0.05, 0.1) is 17.7 Å². The summed E-state index contributed by atoms with van der Waals surface area (Å²) in [5, 5.41) is 18.8. The number of aliphatic hydroxyl groups is 1. The second kappa shape index (κ2) is 5.77. The molecule has 1 N–H and O–H groups in total. The van der Waals surface area contributed by atoms with Crippen molar-refractivity contribution in [3.8, 4) is 17.6 Å². The molecule has 0 spiro atoms. The fourth-order valence-corrected chi connectivity index (χ4v) is 2.07. The SMILES string of the molecule is Cc1ccc(Oc2cc(C#N)ccc2C(C)O)c(C)c1. The molecule has 0 fully saturated rings. The smallest absolute Gasteiger partial charge is 0.134 e. The zero-order valence-electron chi connectivity index (χ0n) is 11.8. The van der Waals surface area contributed by atoms with Gasteiger partial charge >= 0.3 is 0 Å². The fourth-order valence-electron chi connectivity index (χ4n) is 2.07. The Morgan fingerprint density at radius 1 is 1.10 bits per heavy atom. The summed E-state index contributed by atoms with van der Waals surface area (Å²) < 4.78 is 5.89. The van der Waals surface area contributed by atoms with Crippen LogP contribution in [0.4, 0.5) is 0 Å². The molecule has 0 heterocycles. The van der Waals surface area contributed by atoms with Crippen molar-refractivity contribution in [2.75, 3.05) is 0 Å². The van der Waals surface area contributed by atoms with Gasteiger partial charge < -0.3 is 9.84 Å². The van der Waals surface area contributed by atoms with Crippen molar-refractivity contribution in [2.24, 2.45) is 0 Å². The number of hydrogen-bond donors (Lipinski definition) is 1. The molecule has 3 nitrogen and oxygen atoms in total. The summed E-state index contributed by atoms with van der Waals surface area (Å²) in [6.07, 6.45) is -0.650. The lowest BCUT2D eigenvalue weighted by Gasteiger charge is -2.15. The summed E-state index contributed by atoms with van der Waals surface area (Å²) in [7, 11) is 0. The molecule has 0 amide bonds. The molecule has 1 unspecified atom stereocenters. The number of benzene rings is 2. The Balaban J connectivity index is 2.43. The number of nitriles is 1. The van der Waals surface area contributed by atoms with Crippen LogP contribution in [-0.4, -0.2) is 5.11 Å². The monoisotopic (exact) mass is 267 g/mol. The van der Waals surface area contributed by atoms with Crippen molar-refractivity contribution >= 4 is 0 Å². The van der Waals surface area contributed by atoms with Gasteiger partial charge in [-0.1, -0.05) is 23.8 Å². The van der Waals surface area contributed by atoms with Gasteiger partial charge in [0, 0.05) is 5.56 Å². The van der Waals surface area contributed by atoms with Gasteiger partial charge in [-0.05, 0) is 44.5 Å². The first-order valence-corrected chi connectivity index (χ1v) is 6.48. The second-order valence-electron chi connectivity index (χ2n) is 4.91. The van der Waals surface area contributed by atoms with E-state index in [1.54, 1.807) is 25.1 Å². The zero-order chi connectivity index (χ0) is 14.7. The summed E-state index contributed by atoms with van der Waals surface area (Å²) >= 11 is 0. The number of rotatable bonds is 3. The van der Waals surface area contributed by atoms with E-state index in [1.807, 2.05) is 32.0 Å². The summed E-state index contributed by atoms with van der Waals surface area (Å²) in [6, 6.07) is 13.0. The first-order valence-electron chi connectivity index (χ1n) is 6.48. The molecule has 0 saturated heterocycles. The van der Waals surface area contributed by atoms with Gasteiger partial charge in [-0.2, -0.15) is 5.26 Å². The molecular weight excluding hydrogens is 250 g/mol. The summed E-state index contributed by atoms with van der Waals surface area (Å²) in [6.45, 7) is 5.67. The standard InChI is InChI=1S/C17H17NO2/c1-11-4-7-16(12(2)8-11)20-17-9-14(10-18)5-6-15(17)13(3)19/h4-9,13,19H,1-3H3. The lowest BCUT2D eigenvalue weighted by molar-refractivity contribution is 0.195. The first-order chi connectivity index (χ1) is 9.51. The largest absolute Gasteiger partial charge is 0.457 e. The van der Waals surface area contributed by atoms with Crippen LogP contribution < -0.4 is 4.74 Å². The summed E-state index contributed by atoms with van der Waals surface area (Å²) in [4.78, 5) is 0. The van der Waals surface area contributed by atoms with Crippen molar-refractivity contribution in [1.82, 2.24) is 0 Å². The minimum atomic E-state index is -0.650. The van der Waals surface area contributed by atoms with Gasteiger partial charge in [0.1, 0.15) is 11.5 Å². The van der Waals surface area contributed by atoms with Crippen LogP contribution in [0.5, 0.6) is 11.5 Å². The maximum absolute atomic E-state index is 9.80. The molecule has 102 valence electrons. The Bertz CT molecular complexity index is 669. The van der Waals surface area contributed by atoms with E-state index in [1.165, 1.54) is 0 Å². The topological polar surface area (TPSA) is 53.2 Å². The molecular formula is C17H17NO2. The van der Waals surface area contributed by atoms with Crippen LogP contribution in [0.15, 0.2) is 36.4 Å². The van der Waals surface area contributed by atoms with E-state index in [0.29, 0.717) is 16.9 Å². The molecule has 0 bridgehead atoms. The lowest BCUT2D eigenvalue weighted by Crippen LogP contribution is -1.98. The Hall–Kier alpha value is -2.31. The van der Waals surface area contributed by atoms with Gasteiger partial charge in [0.15, 0.2) is 0 Å². The first kappa shape index (κ1) is 14.1. The molecule has 0 aromatic heterocycles.